The van der Waals surface area contributed by atoms with Crippen LogP contribution < -0.4 is 16.2 Å². The Bertz CT molecular complexity index is 621. The third-order valence-corrected chi connectivity index (χ3v) is 3.40. The lowest BCUT2D eigenvalue weighted by molar-refractivity contribution is -0.146. The molecule has 0 unspecified atom stereocenters. The van der Waals surface area contributed by atoms with Gasteiger partial charge in [-0.3, -0.25) is 30.0 Å². The molecule has 3 N–H and O–H groups in total. The van der Waals surface area contributed by atoms with Crippen LogP contribution in [-0.4, -0.2) is 41.8 Å². The van der Waals surface area contributed by atoms with Crippen LogP contribution >= 0.6 is 11.8 Å². The molecule has 0 atom stereocenters. The Labute approximate surface area is 143 Å². The number of ether oxygens (including phenoxy) is 1. The molecular weight excluding hydrogens is 334 g/mol. The molecule has 0 spiro atoms. The monoisotopic (exact) mass is 353 g/mol. The molecule has 1 aromatic carbocycles. The molecular formula is C15H19N3O5S. The Kier molecular flexibility index (Phi) is 8.34. The van der Waals surface area contributed by atoms with Crippen molar-refractivity contribution in [2.45, 2.75) is 13.8 Å². The number of carbonyl (C=O) groups excluding carboxylic acids is 4. The first-order chi connectivity index (χ1) is 11.4. The number of hydrogen-bond acceptors (Lipinski definition) is 6. The number of thioether (sulfide) groups is 1. The van der Waals surface area contributed by atoms with Crippen LogP contribution in [0.15, 0.2) is 24.3 Å². The molecule has 0 fully saturated rings. The second-order valence-electron chi connectivity index (χ2n) is 4.80. The number of benzene rings is 1. The predicted molar refractivity (Wildman–Crippen MR) is 90.1 cm³/mol. The molecule has 0 radical (unpaired) electrons. The number of hydrazine groups is 1. The van der Waals surface area contributed by atoms with Crippen molar-refractivity contribution in [2.24, 2.45) is 0 Å². The molecule has 0 bridgehead atoms. The number of aryl methyl sites for hydroxylation is 1. The van der Waals surface area contributed by atoms with Gasteiger partial charge in [0.25, 0.3) is 5.91 Å². The van der Waals surface area contributed by atoms with Gasteiger partial charge in [-0.1, -0.05) is 12.1 Å². The summed E-state index contributed by atoms with van der Waals surface area (Å²) in [6, 6.07) is 7.37. The SMILES string of the molecule is CC(=O)NNC(=O)COC(=O)CSCC(=O)Nc1cccc(C)c1. The molecule has 0 aliphatic heterocycles. The van der Waals surface area contributed by atoms with E-state index in [0.29, 0.717) is 5.69 Å². The van der Waals surface area contributed by atoms with Crippen molar-refractivity contribution in [3.8, 4) is 0 Å². The van der Waals surface area contributed by atoms with Gasteiger partial charge in [0.2, 0.25) is 11.8 Å². The first-order valence-electron chi connectivity index (χ1n) is 7.02. The minimum absolute atomic E-state index is 0.0609. The molecule has 1 aromatic rings. The van der Waals surface area contributed by atoms with E-state index in [4.69, 9.17) is 4.74 Å². The first-order valence-corrected chi connectivity index (χ1v) is 8.17. The van der Waals surface area contributed by atoms with Crippen LogP contribution in [0.25, 0.3) is 0 Å². The van der Waals surface area contributed by atoms with Gasteiger partial charge in [-0.05, 0) is 24.6 Å². The van der Waals surface area contributed by atoms with Gasteiger partial charge in [-0.2, -0.15) is 0 Å². The summed E-state index contributed by atoms with van der Waals surface area (Å²) in [6.45, 7) is 2.64. The maximum atomic E-state index is 11.7. The molecule has 3 amide bonds. The highest BCUT2D eigenvalue weighted by molar-refractivity contribution is 8.00. The summed E-state index contributed by atoms with van der Waals surface area (Å²) in [5.74, 6) is -1.93. The first kappa shape index (κ1) is 19.5. The van der Waals surface area contributed by atoms with Gasteiger partial charge < -0.3 is 10.1 Å². The highest BCUT2D eigenvalue weighted by Gasteiger charge is 2.09. The van der Waals surface area contributed by atoms with Crippen molar-refractivity contribution in [3.05, 3.63) is 29.8 Å². The summed E-state index contributed by atoms with van der Waals surface area (Å²) in [7, 11) is 0. The standard InChI is InChI=1S/C15H19N3O5S/c1-10-4-3-5-12(6-10)16-14(21)8-24-9-15(22)23-7-13(20)18-17-11(2)19/h3-6H,7-9H2,1-2H3,(H,16,21)(H,17,19)(H,18,20). The van der Waals surface area contributed by atoms with E-state index in [-0.39, 0.29) is 17.4 Å². The maximum Gasteiger partial charge on any atom is 0.316 e. The van der Waals surface area contributed by atoms with Crippen LogP contribution in [0, 0.1) is 6.92 Å². The minimum atomic E-state index is -0.652. The molecule has 9 heteroatoms. The molecule has 0 heterocycles. The van der Waals surface area contributed by atoms with Crippen LogP contribution in [0.2, 0.25) is 0 Å². The molecule has 24 heavy (non-hydrogen) atoms. The Morgan fingerprint density at radius 3 is 2.50 bits per heavy atom. The predicted octanol–water partition coefficient (Wildman–Crippen LogP) is 0.377. The number of carbonyl (C=O) groups is 4. The average molecular weight is 353 g/mol. The van der Waals surface area contributed by atoms with Crippen molar-refractivity contribution < 1.29 is 23.9 Å². The number of hydrogen-bond donors (Lipinski definition) is 3. The highest BCUT2D eigenvalue weighted by Crippen LogP contribution is 2.10. The van der Waals surface area contributed by atoms with Gasteiger partial charge >= 0.3 is 5.97 Å². The normalized spacial score (nSPS) is 9.75. The van der Waals surface area contributed by atoms with Gasteiger partial charge in [0.05, 0.1) is 11.5 Å². The summed E-state index contributed by atoms with van der Waals surface area (Å²) < 4.78 is 4.70. The number of amides is 3. The smallest absolute Gasteiger partial charge is 0.316 e. The lowest BCUT2D eigenvalue weighted by atomic mass is 10.2. The number of rotatable bonds is 7. The Morgan fingerprint density at radius 2 is 1.83 bits per heavy atom. The number of esters is 1. The fourth-order valence-corrected chi connectivity index (χ4v) is 2.14. The van der Waals surface area contributed by atoms with Crippen LogP contribution in [0.1, 0.15) is 12.5 Å². The number of nitrogens with one attached hydrogen (secondary N) is 3. The second kappa shape index (κ2) is 10.3. The summed E-state index contributed by atoms with van der Waals surface area (Å²) in [6.07, 6.45) is 0. The van der Waals surface area contributed by atoms with Crippen LogP contribution in [0.5, 0.6) is 0 Å². The molecule has 0 saturated heterocycles. The summed E-state index contributed by atoms with van der Waals surface area (Å²) in [5.41, 5.74) is 5.84. The van der Waals surface area contributed by atoms with Gasteiger partial charge in [-0.25, -0.2) is 0 Å². The van der Waals surface area contributed by atoms with Crippen molar-refractivity contribution in [1.29, 1.82) is 0 Å². The maximum absolute atomic E-state index is 11.7. The van der Waals surface area contributed by atoms with E-state index in [0.717, 1.165) is 17.3 Å². The topological polar surface area (TPSA) is 114 Å². The van der Waals surface area contributed by atoms with E-state index in [1.54, 1.807) is 6.07 Å². The Balaban J connectivity index is 2.17. The summed E-state index contributed by atoms with van der Waals surface area (Å²) >= 11 is 1.07. The van der Waals surface area contributed by atoms with Gasteiger partial charge in [-0.15, -0.1) is 11.8 Å². The largest absolute Gasteiger partial charge is 0.455 e. The Morgan fingerprint density at radius 1 is 1.08 bits per heavy atom. The molecule has 0 aliphatic carbocycles. The summed E-state index contributed by atoms with van der Waals surface area (Å²) in [5, 5.41) is 2.72. The average Bonchev–Trinajstić information content (AvgIpc) is 2.51. The quantitative estimate of drug-likeness (QED) is 0.482. The van der Waals surface area contributed by atoms with Crippen molar-refractivity contribution in [3.63, 3.8) is 0 Å². The van der Waals surface area contributed by atoms with Crippen LogP contribution in [0.4, 0.5) is 5.69 Å². The molecule has 1 rings (SSSR count). The van der Waals surface area contributed by atoms with E-state index < -0.39 is 24.4 Å². The minimum Gasteiger partial charge on any atom is -0.455 e. The third kappa shape index (κ3) is 8.79. The molecule has 8 nitrogen and oxygen atoms in total. The summed E-state index contributed by atoms with van der Waals surface area (Å²) in [4.78, 5) is 44.9. The third-order valence-electron chi connectivity index (χ3n) is 2.50. The van der Waals surface area contributed by atoms with Gasteiger partial charge in [0, 0.05) is 12.6 Å². The van der Waals surface area contributed by atoms with Crippen molar-refractivity contribution in [2.75, 3.05) is 23.4 Å². The van der Waals surface area contributed by atoms with E-state index >= 15 is 0 Å². The van der Waals surface area contributed by atoms with E-state index in [2.05, 4.69) is 16.2 Å². The molecule has 0 saturated carbocycles. The molecule has 130 valence electrons. The van der Waals surface area contributed by atoms with Crippen LogP contribution in [0.3, 0.4) is 0 Å². The van der Waals surface area contributed by atoms with Gasteiger partial charge in [0.1, 0.15) is 0 Å². The Hall–Kier alpha value is -2.55. The van der Waals surface area contributed by atoms with Crippen molar-refractivity contribution in [1.82, 2.24) is 10.9 Å². The lowest BCUT2D eigenvalue weighted by Crippen LogP contribution is -2.42. The second-order valence-corrected chi connectivity index (χ2v) is 5.79. The van der Waals surface area contributed by atoms with Gasteiger partial charge in [0.15, 0.2) is 6.61 Å². The lowest BCUT2D eigenvalue weighted by Gasteiger charge is -2.07. The van der Waals surface area contributed by atoms with E-state index in [9.17, 15) is 19.2 Å². The van der Waals surface area contributed by atoms with Crippen LogP contribution in [-0.2, 0) is 23.9 Å². The zero-order chi connectivity index (χ0) is 17.9. The van der Waals surface area contributed by atoms with Crippen molar-refractivity contribution >= 4 is 41.1 Å². The highest BCUT2D eigenvalue weighted by atomic mass is 32.2. The zero-order valence-electron chi connectivity index (χ0n) is 13.4. The zero-order valence-corrected chi connectivity index (χ0v) is 14.2. The van der Waals surface area contributed by atoms with E-state index in [1.165, 1.54) is 6.92 Å². The number of anilines is 1. The fraction of sp³-hybridized carbons (Fsp3) is 0.333. The van der Waals surface area contributed by atoms with E-state index in [1.807, 2.05) is 25.1 Å². The molecule has 0 aliphatic rings. The fourth-order valence-electron chi connectivity index (χ4n) is 1.53. The molecule has 0 aromatic heterocycles.